The molecular weight excluding hydrogens is 835 g/mol. The number of alkyl carbamates (subject to hydrolysis) is 1. The third-order valence-corrected chi connectivity index (χ3v) is 13.7. The molecule has 15 nitrogen and oxygen atoms in total. The van der Waals surface area contributed by atoms with Crippen molar-refractivity contribution in [3.63, 3.8) is 0 Å². The van der Waals surface area contributed by atoms with Gasteiger partial charge in [0.15, 0.2) is 0 Å². The fourth-order valence-electron chi connectivity index (χ4n) is 7.28. The summed E-state index contributed by atoms with van der Waals surface area (Å²) in [6.07, 6.45) is 4.45. The Bertz CT molecular complexity index is 1560. The van der Waals surface area contributed by atoms with Gasteiger partial charge in [-0.1, -0.05) is 30.3 Å². The molecule has 6 amide bonds. The molecule has 1 aromatic rings. The number of likely N-dealkylation sites (tertiary alicyclic amines) is 1. The van der Waals surface area contributed by atoms with Gasteiger partial charge in [0.2, 0.25) is 5.91 Å². The maximum atomic E-state index is 14.5. The number of benzene rings is 1. The monoisotopic (exact) mass is 895 g/mol. The molecule has 5 atom stereocenters. The number of carbonyl (C=O) groups is 7. The van der Waals surface area contributed by atoms with Crippen molar-refractivity contribution < 1.29 is 64.2 Å². The van der Waals surface area contributed by atoms with Crippen molar-refractivity contribution in [3.8, 4) is 0 Å². The normalized spacial score (nSPS) is 20.6. The zero-order chi connectivity index (χ0) is 41.2. The molecule has 1 saturated carbocycles. The van der Waals surface area contributed by atoms with Gasteiger partial charge in [0, 0.05) is 14.1 Å². The summed E-state index contributed by atoms with van der Waals surface area (Å²) >= 11 is -0.570. The van der Waals surface area contributed by atoms with Gasteiger partial charge in [0.05, 0.1) is 0 Å². The van der Waals surface area contributed by atoms with Gasteiger partial charge in [-0.05, 0) is 5.56 Å². The minimum Gasteiger partial charge on any atom is -0.347 e. The van der Waals surface area contributed by atoms with Crippen molar-refractivity contribution >= 4 is 41.4 Å². The minimum absolute atomic E-state index is 0.0852. The minimum atomic E-state index is -1.24. The first-order valence-electron chi connectivity index (χ1n) is 19.6. The van der Waals surface area contributed by atoms with Gasteiger partial charge >= 0.3 is 276 Å². The molecule has 0 radical (unpaired) electrons. The maximum absolute atomic E-state index is 14.5. The van der Waals surface area contributed by atoms with Crippen LogP contribution in [0.2, 0.25) is 0 Å². The number of nitrogens with one attached hydrogen (secondary N) is 4. The van der Waals surface area contributed by atoms with Crippen LogP contribution in [0.15, 0.2) is 30.3 Å². The van der Waals surface area contributed by atoms with E-state index in [2.05, 4.69) is 35.1 Å². The molecule has 16 heteroatoms. The molecule has 0 aromatic heterocycles. The van der Waals surface area contributed by atoms with Crippen LogP contribution in [0.3, 0.4) is 0 Å². The summed E-state index contributed by atoms with van der Waals surface area (Å²) in [5.41, 5.74) is -0.220. The predicted octanol–water partition coefficient (Wildman–Crippen LogP) is -0.921. The second-order valence-electron chi connectivity index (χ2n) is 16.3. The van der Waals surface area contributed by atoms with E-state index in [1.807, 2.05) is 0 Å². The van der Waals surface area contributed by atoms with E-state index in [1.54, 1.807) is 70.1 Å². The summed E-state index contributed by atoms with van der Waals surface area (Å²) in [4.78, 5) is 97.9. The topological polar surface area (TPSA) is 193 Å². The number of rotatable bonds is 16. The average Bonchev–Trinajstić information content (AvgIpc) is 3.54. The Morgan fingerprint density at radius 1 is 0.929 bits per heavy atom. The quantitative estimate of drug-likeness (QED) is 0.0924. The summed E-state index contributed by atoms with van der Waals surface area (Å²) in [6, 6.07) is 4.64. The Morgan fingerprint density at radius 2 is 1.59 bits per heavy atom. The van der Waals surface area contributed by atoms with Crippen molar-refractivity contribution in [2.45, 2.75) is 117 Å². The number of hydrogen-bond donors (Lipinski definition) is 4. The fraction of sp³-hybridized carbons (Fsp3) is 0.675. The molecule has 0 spiro atoms. The Balaban J connectivity index is 1.51. The third kappa shape index (κ3) is 12.9. The standard InChI is InChI=1S/C40H60IN6O9/c1-24(2)41-28-18-19-47(38(53)32(27-16-12-9-13-17-27)45-39(54)56-40(3,4)5)33(28)35(50)43-29(20-25-22-55-23-25)34(49)36(51)42-21-30(48)44-31(37(52)46(6)7)26-14-10-8-11-15-26/h8,10-11,14-15,24-25,27-29,31-33H,9,12-13,16-23H2,1-7H3,(H,42,51)(H,43,50)(H,44,48)(H,45,54)/q-1/t28?,29?,31-,32-,33-/m0/s1. The van der Waals surface area contributed by atoms with Gasteiger partial charge < -0.3 is 4.90 Å². The third-order valence-electron chi connectivity index (χ3n) is 10.0. The molecule has 56 heavy (non-hydrogen) atoms. The number of alkyl halides is 2. The first-order valence-corrected chi connectivity index (χ1v) is 22.1. The second-order valence-corrected chi connectivity index (χ2v) is 21.1. The van der Waals surface area contributed by atoms with E-state index >= 15 is 0 Å². The molecule has 0 bridgehead atoms. The van der Waals surface area contributed by atoms with Crippen molar-refractivity contribution in [1.29, 1.82) is 0 Å². The molecule has 1 aliphatic carbocycles. The summed E-state index contributed by atoms with van der Waals surface area (Å²) in [5.74, 6) is -4.14. The molecule has 2 saturated heterocycles. The molecule has 312 valence electrons. The van der Waals surface area contributed by atoms with Crippen LogP contribution in [-0.2, 0) is 38.2 Å². The Kier molecular flexibility index (Phi) is 16.5. The van der Waals surface area contributed by atoms with Crippen LogP contribution in [0.25, 0.3) is 0 Å². The Labute approximate surface area is 340 Å². The first kappa shape index (κ1) is 44.9. The SMILES string of the molecule is CC(C)[I-]C1CCN(C(=O)[C@@H](NC(=O)OC(C)(C)C)C2CCCCC2)[C@@H]1C(=O)NC(CC1COC1)C(=O)C(=O)NCC(=O)N[C@H](C(=O)N(C)C)c1ccccc1. The van der Waals surface area contributed by atoms with Gasteiger partial charge in [0.1, 0.15) is 0 Å². The number of ether oxygens (including phenoxy) is 2. The Hall–Kier alpha value is -3.80. The smallest absolute Gasteiger partial charge is 0.347 e. The van der Waals surface area contributed by atoms with Crippen LogP contribution in [0.5, 0.6) is 0 Å². The zero-order valence-corrected chi connectivity index (χ0v) is 35.9. The number of carbonyl (C=O) groups excluding carboxylic acids is 7. The van der Waals surface area contributed by atoms with Crippen LogP contribution >= 0.6 is 0 Å². The van der Waals surface area contributed by atoms with Crippen LogP contribution in [0.4, 0.5) is 4.79 Å². The molecule has 2 aliphatic heterocycles. The number of amides is 6. The molecule has 4 rings (SSSR count). The van der Waals surface area contributed by atoms with E-state index in [0.29, 0.717) is 35.7 Å². The van der Waals surface area contributed by atoms with Crippen molar-refractivity contribution in [2.24, 2.45) is 11.8 Å². The summed E-state index contributed by atoms with van der Waals surface area (Å²) in [5, 5.41) is 10.7. The number of ketones is 1. The molecule has 4 N–H and O–H groups in total. The summed E-state index contributed by atoms with van der Waals surface area (Å²) in [6.45, 7) is 9.89. The van der Waals surface area contributed by atoms with E-state index in [1.165, 1.54) is 4.90 Å². The van der Waals surface area contributed by atoms with Crippen molar-refractivity contribution in [3.05, 3.63) is 35.9 Å². The summed E-state index contributed by atoms with van der Waals surface area (Å²) < 4.78 is 11.1. The predicted molar refractivity (Wildman–Crippen MR) is 204 cm³/mol. The van der Waals surface area contributed by atoms with E-state index in [4.69, 9.17) is 9.47 Å². The van der Waals surface area contributed by atoms with Gasteiger partial charge in [0.25, 0.3) is 0 Å². The van der Waals surface area contributed by atoms with E-state index < -0.39 is 87.1 Å². The fourth-order valence-corrected chi connectivity index (χ4v) is 10.9. The number of halogens is 1. The van der Waals surface area contributed by atoms with E-state index in [9.17, 15) is 33.6 Å². The molecule has 3 aliphatic rings. The Morgan fingerprint density at radius 3 is 2.16 bits per heavy atom. The zero-order valence-electron chi connectivity index (χ0n) is 33.7. The number of hydrogen-bond acceptors (Lipinski definition) is 9. The molecule has 2 heterocycles. The van der Waals surface area contributed by atoms with Gasteiger partial charge in [-0.25, -0.2) is 0 Å². The van der Waals surface area contributed by atoms with Gasteiger partial charge in [-0.15, -0.1) is 0 Å². The summed E-state index contributed by atoms with van der Waals surface area (Å²) in [7, 11) is 3.13. The van der Waals surface area contributed by atoms with Crippen molar-refractivity contribution in [2.75, 3.05) is 40.4 Å². The van der Waals surface area contributed by atoms with Crippen LogP contribution < -0.4 is 42.5 Å². The van der Waals surface area contributed by atoms with E-state index in [0.717, 1.165) is 32.1 Å². The van der Waals surface area contributed by atoms with Crippen LogP contribution in [-0.4, -0.2) is 123 Å². The van der Waals surface area contributed by atoms with Crippen molar-refractivity contribution in [1.82, 2.24) is 31.1 Å². The molecular formula is C40H60IN6O9-. The molecule has 3 fully saturated rings. The van der Waals surface area contributed by atoms with Crippen LogP contribution in [0.1, 0.15) is 91.2 Å². The number of likely N-dealkylation sites (N-methyl/N-ethyl adjacent to an activating group) is 1. The van der Waals surface area contributed by atoms with E-state index in [-0.39, 0.29) is 34.0 Å². The second kappa shape index (κ2) is 20.6. The van der Waals surface area contributed by atoms with Crippen LogP contribution in [0, 0.1) is 11.8 Å². The first-order chi connectivity index (χ1) is 26.4. The number of nitrogens with zero attached hydrogens (tertiary/aromatic N) is 2. The molecule has 1 aromatic carbocycles. The van der Waals surface area contributed by atoms with Gasteiger partial charge in [-0.3, -0.25) is 4.79 Å². The van der Waals surface area contributed by atoms with Gasteiger partial charge in [-0.2, -0.15) is 0 Å². The average molecular weight is 896 g/mol. The molecule has 2 unspecified atom stereocenters. The number of Topliss-reactive ketones (excluding diaryl/α,β-unsaturated/α-hetero) is 1.